The van der Waals surface area contributed by atoms with Gasteiger partial charge in [-0.25, -0.2) is 15.0 Å². The van der Waals surface area contributed by atoms with Gasteiger partial charge in [-0.15, -0.1) is 0 Å². The van der Waals surface area contributed by atoms with Gasteiger partial charge >= 0.3 is 0 Å². The fourth-order valence-corrected chi connectivity index (χ4v) is 3.98. The number of benzene rings is 1. The molecule has 0 spiro atoms. The predicted octanol–water partition coefficient (Wildman–Crippen LogP) is 3.65. The van der Waals surface area contributed by atoms with E-state index >= 15 is 0 Å². The molecule has 7 heteroatoms. The summed E-state index contributed by atoms with van der Waals surface area (Å²) in [5.74, 6) is 1.44. The summed E-state index contributed by atoms with van der Waals surface area (Å²) in [5, 5.41) is 1.88. The number of nitrogens with zero attached hydrogens (tertiary/aromatic N) is 4. The third-order valence-electron chi connectivity index (χ3n) is 5.61. The number of rotatable bonds is 4. The number of H-pyrrole nitrogens is 1. The molecule has 0 aliphatic carbocycles. The molecule has 5 rings (SSSR count). The second-order valence-electron chi connectivity index (χ2n) is 7.47. The van der Waals surface area contributed by atoms with Crippen LogP contribution in [0.2, 0.25) is 0 Å². The molecule has 1 aromatic carbocycles. The van der Waals surface area contributed by atoms with Crippen LogP contribution in [0.25, 0.3) is 33.1 Å². The van der Waals surface area contributed by atoms with Gasteiger partial charge in [0.25, 0.3) is 0 Å². The molecule has 1 saturated heterocycles. The number of fused-ring (bicyclic) bond motifs is 2. The summed E-state index contributed by atoms with van der Waals surface area (Å²) >= 11 is 0. The summed E-state index contributed by atoms with van der Waals surface area (Å²) in [6, 6.07) is 8.03. The molecule has 1 fully saturated rings. The van der Waals surface area contributed by atoms with Crippen LogP contribution in [0.1, 0.15) is 12.8 Å². The number of nitrogens with one attached hydrogen (secondary N) is 1. The number of piperidine rings is 1. The summed E-state index contributed by atoms with van der Waals surface area (Å²) in [6.45, 7) is 2.09. The van der Waals surface area contributed by atoms with Crippen molar-refractivity contribution in [1.29, 1.82) is 0 Å². The molecule has 4 aromatic rings. The van der Waals surface area contributed by atoms with Crippen LogP contribution in [-0.2, 0) is 0 Å². The van der Waals surface area contributed by atoms with Crippen LogP contribution in [0, 0.1) is 0 Å². The summed E-state index contributed by atoms with van der Waals surface area (Å²) in [7, 11) is 3.82. The van der Waals surface area contributed by atoms with Crippen molar-refractivity contribution >= 4 is 21.9 Å². The van der Waals surface area contributed by atoms with Gasteiger partial charge in [-0.3, -0.25) is 0 Å². The topological polar surface area (TPSA) is 76.2 Å². The van der Waals surface area contributed by atoms with Gasteiger partial charge in [-0.05, 0) is 43.7 Å². The Hall–Kier alpha value is -3.19. The molecule has 1 aliphatic rings. The van der Waals surface area contributed by atoms with Crippen molar-refractivity contribution in [2.24, 2.45) is 0 Å². The highest BCUT2D eigenvalue weighted by Crippen LogP contribution is 2.36. The Bertz CT molecular complexity index is 1160. The van der Waals surface area contributed by atoms with E-state index in [1.165, 1.54) is 0 Å². The maximum absolute atomic E-state index is 6.30. The van der Waals surface area contributed by atoms with Gasteiger partial charge in [0.05, 0.1) is 23.4 Å². The first-order valence-electron chi connectivity index (χ1n) is 9.83. The molecule has 148 valence electrons. The average Bonchev–Trinajstić information content (AvgIpc) is 3.20. The van der Waals surface area contributed by atoms with Gasteiger partial charge in [0, 0.05) is 31.0 Å². The van der Waals surface area contributed by atoms with Crippen molar-refractivity contribution in [2.45, 2.75) is 18.9 Å². The third-order valence-corrected chi connectivity index (χ3v) is 5.61. The van der Waals surface area contributed by atoms with E-state index in [1.807, 2.05) is 18.3 Å². The summed E-state index contributed by atoms with van der Waals surface area (Å²) < 4.78 is 11.9. The first-order chi connectivity index (χ1) is 14.2. The molecule has 4 heterocycles. The Kier molecular flexibility index (Phi) is 4.52. The molecular formula is C22H23N5O2. The second-order valence-corrected chi connectivity index (χ2v) is 7.47. The zero-order valence-electron chi connectivity index (χ0n) is 16.6. The largest absolute Gasteiger partial charge is 0.496 e. The number of hydrogen-bond acceptors (Lipinski definition) is 6. The van der Waals surface area contributed by atoms with Crippen molar-refractivity contribution in [3.8, 4) is 22.8 Å². The van der Waals surface area contributed by atoms with Crippen molar-refractivity contribution in [1.82, 2.24) is 24.8 Å². The highest BCUT2D eigenvalue weighted by molar-refractivity contribution is 6.00. The molecule has 7 nitrogen and oxygen atoms in total. The monoisotopic (exact) mass is 389 g/mol. The fourth-order valence-electron chi connectivity index (χ4n) is 3.98. The lowest BCUT2D eigenvalue weighted by atomic mass is 10.0. The van der Waals surface area contributed by atoms with Crippen LogP contribution in [0.15, 0.2) is 43.0 Å². The molecule has 29 heavy (non-hydrogen) atoms. The zero-order chi connectivity index (χ0) is 19.8. The van der Waals surface area contributed by atoms with Crippen LogP contribution in [0.5, 0.6) is 11.6 Å². The van der Waals surface area contributed by atoms with Gasteiger partial charge < -0.3 is 19.4 Å². The van der Waals surface area contributed by atoms with Gasteiger partial charge in [0.15, 0.2) is 0 Å². The first-order valence-corrected chi connectivity index (χ1v) is 9.83. The molecule has 0 atom stereocenters. The predicted molar refractivity (Wildman–Crippen MR) is 112 cm³/mol. The molecule has 0 bridgehead atoms. The molecule has 3 aromatic heterocycles. The number of pyridine rings is 1. The minimum Gasteiger partial charge on any atom is -0.496 e. The van der Waals surface area contributed by atoms with E-state index in [-0.39, 0.29) is 6.10 Å². The normalized spacial score (nSPS) is 15.8. The maximum atomic E-state index is 6.30. The summed E-state index contributed by atoms with van der Waals surface area (Å²) in [5.41, 5.74) is 3.74. The molecule has 1 N–H and O–H groups in total. The minimum absolute atomic E-state index is 0.185. The van der Waals surface area contributed by atoms with Crippen LogP contribution >= 0.6 is 0 Å². The number of methoxy groups -OCH3 is 1. The van der Waals surface area contributed by atoms with Gasteiger partial charge in [-0.2, -0.15) is 0 Å². The summed E-state index contributed by atoms with van der Waals surface area (Å²) in [4.78, 5) is 18.8. The van der Waals surface area contributed by atoms with E-state index in [2.05, 4.69) is 44.0 Å². The van der Waals surface area contributed by atoms with Crippen LogP contribution < -0.4 is 9.47 Å². The lowest BCUT2D eigenvalue weighted by molar-refractivity contribution is 0.111. The smallest absolute Gasteiger partial charge is 0.224 e. The lowest BCUT2D eigenvalue weighted by Crippen LogP contribution is -2.35. The maximum Gasteiger partial charge on any atom is 0.224 e. The third kappa shape index (κ3) is 3.27. The Balaban J connectivity index is 1.57. The van der Waals surface area contributed by atoms with Crippen molar-refractivity contribution in [3.63, 3.8) is 0 Å². The van der Waals surface area contributed by atoms with Gasteiger partial charge in [0.1, 0.15) is 23.8 Å². The summed E-state index contributed by atoms with van der Waals surface area (Å²) in [6.07, 6.45) is 7.47. The quantitative estimate of drug-likeness (QED) is 0.574. The molecular weight excluding hydrogens is 366 g/mol. The average molecular weight is 389 g/mol. The van der Waals surface area contributed by atoms with E-state index in [0.29, 0.717) is 5.88 Å². The van der Waals surface area contributed by atoms with Gasteiger partial charge in [-0.1, -0.05) is 6.07 Å². The van der Waals surface area contributed by atoms with E-state index in [0.717, 1.165) is 64.7 Å². The highest BCUT2D eigenvalue weighted by Gasteiger charge is 2.20. The van der Waals surface area contributed by atoms with Crippen LogP contribution in [-0.4, -0.2) is 58.2 Å². The second kappa shape index (κ2) is 7.33. The van der Waals surface area contributed by atoms with E-state index in [1.54, 1.807) is 19.6 Å². The number of likely N-dealkylation sites (tertiary alicyclic amines) is 1. The molecule has 0 amide bonds. The lowest BCUT2D eigenvalue weighted by Gasteiger charge is -2.29. The van der Waals surface area contributed by atoms with Gasteiger partial charge in [0.2, 0.25) is 5.88 Å². The molecule has 0 saturated carbocycles. The number of hydrogen-bond donors (Lipinski definition) is 1. The van der Waals surface area contributed by atoms with E-state index in [9.17, 15) is 0 Å². The standard InChI is InChI=1S/C22H23N5O2/c1-27-9-6-15(7-10-27)29-22-16-11-14(3-4-18(16)25-13-26-22)17-12-24-21-20(17)19(28-2)5-8-23-21/h3-5,8,11-13,15H,6-7,9-10H2,1-2H3,(H,23,24). The highest BCUT2D eigenvalue weighted by atomic mass is 16.5. The number of aromatic amines is 1. The first kappa shape index (κ1) is 17.9. The minimum atomic E-state index is 0.185. The molecule has 0 radical (unpaired) electrons. The van der Waals surface area contributed by atoms with Crippen molar-refractivity contribution in [3.05, 3.63) is 43.0 Å². The Morgan fingerprint density at radius 2 is 1.97 bits per heavy atom. The fraction of sp³-hybridized carbons (Fsp3) is 0.318. The zero-order valence-corrected chi connectivity index (χ0v) is 16.6. The van der Waals surface area contributed by atoms with Crippen LogP contribution in [0.4, 0.5) is 0 Å². The Morgan fingerprint density at radius 3 is 2.79 bits per heavy atom. The van der Waals surface area contributed by atoms with E-state index in [4.69, 9.17) is 9.47 Å². The Labute approximate surface area is 168 Å². The van der Waals surface area contributed by atoms with Crippen molar-refractivity contribution in [2.75, 3.05) is 27.2 Å². The molecule has 0 unspecified atom stereocenters. The van der Waals surface area contributed by atoms with Crippen molar-refractivity contribution < 1.29 is 9.47 Å². The number of ether oxygens (including phenoxy) is 2. The SMILES string of the molecule is COc1ccnc2[nH]cc(-c3ccc4ncnc(OC5CCN(C)CC5)c4c3)c12. The Morgan fingerprint density at radius 1 is 1.10 bits per heavy atom. The molecule has 1 aliphatic heterocycles. The van der Waals surface area contributed by atoms with E-state index < -0.39 is 0 Å². The number of aromatic nitrogens is 4. The van der Waals surface area contributed by atoms with Crippen LogP contribution in [0.3, 0.4) is 0 Å².